The van der Waals surface area contributed by atoms with Crippen LogP contribution in [0.15, 0.2) is 46.9 Å². The highest BCUT2D eigenvalue weighted by Crippen LogP contribution is 2.15. The first kappa shape index (κ1) is 14.8. The maximum Gasteiger partial charge on any atom is 0.251 e. The molecule has 2 rings (SSSR count). The van der Waals surface area contributed by atoms with E-state index in [1.165, 1.54) is 0 Å². The molecule has 5 nitrogen and oxygen atoms in total. The number of hydrogen-bond acceptors (Lipinski definition) is 3. The second kappa shape index (κ2) is 6.74. The van der Waals surface area contributed by atoms with Gasteiger partial charge in [-0.3, -0.25) is 9.59 Å². The lowest BCUT2D eigenvalue weighted by atomic mass is 10.2. The van der Waals surface area contributed by atoms with Crippen LogP contribution < -0.4 is 10.6 Å². The summed E-state index contributed by atoms with van der Waals surface area (Å²) < 4.78 is 5.44. The van der Waals surface area contributed by atoms with Crippen molar-refractivity contribution < 1.29 is 14.0 Å². The largest absolute Gasteiger partial charge is 0.464 e. The maximum atomic E-state index is 11.8. The molecule has 0 saturated heterocycles. The first-order valence-electron chi connectivity index (χ1n) is 6.75. The molecule has 21 heavy (non-hydrogen) atoms. The van der Waals surface area contributed by atoms with Gasteiger partial charge in [0, 0.05) is 5.56 Å². The number of aryl methyl sites for hydroxylation is 1. The Hall–Kier alpha value is -2.56. The maximum absolute atomic E-state index is 11.8. The Kier molecular flexibility index (Phi) is 4.77. The van der Waals surface area contributed by atoms with Crippen molar-refractivity contribution in [2.75, 3.05) is 6.54 Å². The number of benzene rings is 1. The summed E-state index contributed by atoms with van der Waals surface area (Å²) in [4.78, 5) is 23.6. The van der Waals surface area contributed by atoms with Crippen molar-refractivity contribution in [3.63, 3.8) is 0 Å². The van der Waals surface area contributed by atoms with Gasteiger partial charge < -0.3 is 15.1 Å². The quantitative estimate of drug-likeness (QED) is 0.885. The highest BCUT2D eigenvalue weighted by molar-refractivity contribution is 5.96. The zero-order valence-corrected chi connectivity index (χ0v) is 12.1. The minimum Gasteiger partial charge on any atom is -0.464 e. The Labute approximate surface area is 123 Å². The second-order valence-electron chi connectivity index (χ2n) is 4.79. The third-order valence-corrected chi connectivity index (χ3v) is 3.01. The Bertz CT molecular complexity index is 619. The van der Waals surface area contributed by atoms with E-state index >= 15 is 0 Å². The number of amides is 2. The molecule has 0 bridgehead atoms. The van der Waals surface area contributed by atoms with Gasteiger partial charge >= 0.3 is 0 Å². The summed E-state index contributed by atoms with van der Waals surface area (Å²) in [6, 6.07) is 12.2. The molecule has 0 fully saturated rings. The Morgan fingerprint density at radius 3 is 2.48 bits per heavy atom. The molecule has 0 spiro atoms. The molecule has 2 amide bonds. The summed E-state index contributed by atoms with van der Waals surface area (Å²) in [7, 11) is 0. The van der Waals surface area contributed by atoms with Crippen molar-refractivity contribution >= 4 is 11.8 Å². The predicted octanol–water partition coefficient (Wildman–Crippen LogP) is 2.20. The molecule has 0 aliphatic heterocycles. The van der Waals surface area contributed by atoms with E-state index < -0.39 is 0 Å². The molecule has 0 radical (unpaired) electrons. The fourth-order valence-corrected chi connectivity index (χ4v) is 1.90. The lowest BCUT2D eigenvalue weighted by Crippen LogP contribution is -2.37. The standard InChI is InChI=1S/C16H18N2O3/c1-11-8-9-14(21-11)12(2)18-15(19)10-17-16(20)13-6-4-3-5-7-13/h3-9,12H,10H2,1-2H3,(H,17,20)(H,18,19). The molecule has 1 aromatic heterocycles. The van der Waals surface area contributed by atoms with Gasteiger partial charge in [-0.1, -0.05) is 18.2 Å². The van der Waals surface area contributed by atoms with Crippen LogP contribution in [0.2, 0.25) is 0 Å². The zero-order chi connectivity index (χ0) is 15.2. The number of carbonyl (C=O) groups is 2. The van der Waals surface area contributed by atoms with Gasteiger partial charge in [0.05, 0.1) is 12.6 Å². The van der Waals surface area contributed by atoms with Gasteiger partial charge in [0.1, 0.15) is 11.5 Å². The molecule has 1 unspecified atom stereocenters. The first-order valence-corrected chi connectivity index (χ1v) is 6.75. The minimum absolute atomic E-state index is 0.0717. The van der Waals surface area contributed by atoms with Crippen molar-refractivity contribution in [3.8, 4) is 0 Å². The fraction of sp³-hybridized carbons (Fsp3) is 0.250. The molecule has 1 atom stereocenters. The van der Waals surface area contributed by atoms with Crippen molar-refractivity contribution in [1.29, 1.82) is 0 Å². The van der Waals surface area contributed by atoms with E-state index in [-0.39, 0.29) is 24.4 Å². The van der Waals surface area contributed by atoms with Crippen LogP contribution in [0.25, 0.3) is 0 Å². The van der Waals surface area contributed by atoms with E-state index in [9.17, 15) is 9.59 Å². The topological polar surface area (TPSA) is 71.3 Å². The molecular formula is C16H18N2O3. The van der Waals surface area contributed by atoms with Crippen LogP contribution in [0, 0.1) is 6.92 Å². The number of carbonyl (C=O) groups excluding carboxylic acids is 2. The van der Waals surface area contributed by atoms with Gasteiger partial charge in [-0.05, 0) is 38.1 Å². The van der Waals surface area contributed by atoms with Crippen LogP contribution in [-0.4, -0.2) is 18.4 Å². The van der Waals surface area contributed by atoms with E-state index in [1.54, 1.807) is 24.3 Å². The summed E-state index contributed by atoms with van der Waals surface area (Å²) in [5, 5.41) is 5.35. The van der Waals surface area contributed by atoms with Crippen LogP contribution in [0.5, 0.6) is 0 Å². The fourth-order valence-electron chi connectivity index (χ4n) is 1.90. The number of hydrogen-bond donors (Lipinski definition) is 2. The molecule has 110 valence electrons. The van der Waals surface area contributed by atoms with Gasteiger partial charge in [0.25, 0.3) is 5.91 Å². The van der Waals surface area contributed by atoms with Gasteiger partial charge in [0.15, 0.2) is 0 Å². The lowest BCUT2D eigenvalue weighted by Gasteiger charge is -2.12. The van der Waals surface area contributed by atoms with Crippen LogP contribution in [0.3, 0.4) is 0 Å². The summed E-state index contributed by atoms with van der Waals surface area (Å²) in [5.41, 5.74) is 0.528. The van der Waals surface area contributed by atoms with Crippen molar-refractivity contribution in [2.24, 2.45) is 0 Å². The summed E-state index contributed by atoms with van der Waals surface area (Å²) >= 11 is 0. The molecule has 1 heterocycles. The SMILES string of the molecule is Cc1ccc(C(C)NC(=O)CNC(=O)c2ccccc2)o1. The van der Waals surface area contributed by atoms with Gasteiger partial charge in [-0.25, -0.2) is 0 Å². The second-order valence-corrected chi connectivity index (χ2v) is 4.79. The predicted molar refractivity (Wildman–Crippen MR) is 78.8 cm³/mol. The average molecular weight is 286 g/mol. The number of rotatable bonds is 5. The Balaban J connectivity index is 1.81. The molecule has 2 N–H and O–H groups in total. The molecule has 5 heteroatoms. The van der Waals surface area contributed by atoms with E-state index in [4.69, 9.17) is 4.42 Å². The zero-order valence-electron chi connectivity index (χ0n) is 12.1. The van der Waals surface area contributed by atoms with Crippen molar-refractivity contribution in [2.45, 2.75) is 19.9 Å². The molecule has 0 aliphatic carbocycles. The Morgan fingerprint density at radius 2 is 1.86 bits per heavy atom. The van der Waals surface area contributed by atoms with Crippen LogP contribution >= 0.6 is 0 Å². The van der Waals surface area contributed by atoms with Gasteiger partial charge in [-0.15, -0.1) is 0 Å². The third kappa shape index (κ3) is 4.21. The average Bonchev–Trinajstić information content (AvgIpc) is 2.92. The molecule has 2 aromatic rings. The molecule has 0 saturated carbocycles. The van der Waals surface area contributed by atoms with Gasteiger partial charge in [0.2, 0.25) is 5.91 Å². The number of nitrogens with one attached hydrogen (secondary N) is 2. The summed E-state index contributed by atoms with van der Waals surface area (Å²) in [6.07, 6.45) is 0. The Morgan fingerprint density at radius 1 is 1.14 bits per heavy atom. The first-order chi connectivity index (χ1) is 10.1. The molecule has 0 aliphatic rings. The monoisotopic (exact) mass is 286 g/mol. The van der Waals surface area contributed by atoms with Crippen LogP contribution in [0.4, 0.5) is 0 Å². The van der Waals surface area contributed by atoms with Gasteiger partial charge in [-0.2, -0.15) is 0 Å². The van der Waals surface area contributed by atoms with E-state index in [0.717, 1.165) is 5.76 Å². The lowest BCUT2D eigenvalue weighted by molar-refractivity contribution is -0.120. The summed E-state index contributed by atoms with van der Waals surface area (Å²) in [5.74, 6) is 0.951. The van der Waals surface area contributed by atoms with Crippen LogP contribution in [0.1, 0.15) is 34.8 Å². The van der Waals surface area contributed by atoms with Crippen molar-refractivity contribution in [3.05, 3.63) is 59.5 Å². The van der Waals surface area contributed by atoms with E-state index in [2.05, 4.69) is 10.6 Å². The minimum atomic E-state index is -0.271. The molecular weight excluding hydrogens is 268 g/mol. The third-order valence-electron chi connectivity index (χ3n) is 3.01. The smallest absolute Gasteiger partial charge is 0.251 e. The van der Waals surface area contributed by atoms with E-state index in [0.29, 0.717) is 11.3 Å². The highest BCUT2D eigenvalue weighted by atomic mass is 16.3. The van der Waals surface area contributed by atoms with Crippen LogP contribution in [-0.2, 0) is 4.79 Å². The normalized spacial score (nSPS) is 11.7. The highest BCUT2D eigenvalue weighted by Gasteiger charge is 2.13. The van der Waals surface area contributed by atoms with Crippen molar-refractivity contribution in [1.82, 2.24) is 10.6 Å². The number of furan rings is 1. The van der Waals surface area contributed by atoms with E-state index in [1.807, 2.05) is 32.0 Å². The summed E-state index contributed by atoms with van der Waals surface area (Å²) in [6.45, 7) is 3.60. The molecule has 1 aromatic carbocycles.